The molecule has 0 aliphatic carbocycles. The van der Waals surface area contributed by atoms with Gasteiger partial charge in [-0.1, -0.05) is 56.3 Å². The van der Waals surface area contributed by atoms with Crippen molar-refractivity contribution in [1.29, 1.82) is 0 Å². The molecule has 0 spiro atoms. The van der Waals surface area contributed by atoms with E-state index in [4.69, 9.17) is 10.9 Å². The first kappa shape index (κ1) is 16.0. The van der Waals surface area contributed by atoms with Crippen molar-refractivity contribution in [3.05, 3.63) is 35.9 Å². The number of hydrogen-bond donors (Lipinski definition) is 3. The summed E-state index contributed by atoms with van der Waals surface area (Å²) in [5, 5.41) is 14.6. The Morgan fingerprint density at radius 1 is 1.40 bits per heavy atom. The summed E-state index contributed by atoms with van der Waals surface area (Å²) in [5.74, 6) is -0.123. The van der Waals surface area contributed by atoms with Gasteiger partial charge in [-0.3, -0.25) is 4.79 Å². The second kappa shape index (κ2) is 6.93. The van der Waals surface area contributed by atoms with Crippen molar-refractivity contribution in [2.75, 3.05) is 6.54 Å². The summed E-state index contributed by atoms with van der Waals surface area (Å²) in [6.45, 7) is 5.93. The zero-order chi connectivity index (χ0) is 15.2. The molecule has 1 aromatic rings. The number of nitrogens with zero attached hydrogens (tertiary/aromatic N) is 1. The SMILES string of the molecule is CCC(C(=O)NCC(C)(C)/C(N)=N/O)c1ccccc1. The Bertz CT molecular complexity index is 469. The lowest BCUT2D eigenvalue weighted by molar-refractivity contribution is -0.122. The van der Waals surface area contributed by atoms with E-state index in [9.17, 15) is 4.79 Å². The minimum Gasteiger partial charge on any atom is -0.409 e. The van der Waals surface area contributed by atoms with E-state index < -0.39 is 5.41 Å². The molecule has 110 valence electrons. The van der Waals surface area contributed by atoms with E-state index in [1.165, 1.54) is 0 Å². The highest BCUT2D eigenvalue weighted by Crippen LogP contribution is 2.20. The molecule has 0 saturated heterocycles. The molecule has 0 aliphatic rings. The quantitative estimate of drug-likeness (QED) is 0.322. The van der Waals surface area contributed by atoms with Gasteiger partial charge in [0.2, 0.25) is 5.91 Å². The lowest BCUT2D eigenvalue weighted by atomic mass is 9.91. The van der Waals surface area contributed by atoms with Crippen LogP contribution >= 0.6 is 0 Å². The average Bonchev–Trinajstić information content (AvgIpc) is 2.46. The summed E-state index contributed by atoms with van der Waals surface area (Å²) >= 11 is 0. The smallest absolute Gasteiger partial charge is 0.227 e. The van der Waals surface area contributed by atoms with Gasteiger partial charge in [-0.25, -0.2) is 0 Å². The van der Waals surface area contributed by atoms with Gasteiger partial charge in [0.15, 0.2) is 0 Å². The van der Waals surface area contributed by atoms with Crippen LogP contribution in [0.1, 0.15) is 38.7 Å². The van der Waals surface area contributed by atoms with E-state index in [2.05, 4.69) is 10.5 Å². The molecule has 1 aromatic carbocycles. The second-order valence-corrected chi connectivity index (χ2v) is 5.46. The van der Waals surface area contributed by atoms with Gasteiger partial charge < -0.3 is 16.3 Å². The predicted octanol–water partition coefficient (Wildman–Crippen LogP) is 2.07. The Hall–Kier alpha value is -2.04. The van der Waals surface area contributed by atoms with Gasteiger partial charge in [-0.05, 0) is 12.0 Å². The number of carbonyl (C=O) groups is 1. The highest BCUT2D eigenvalue weighted by molar-refractivity contribution is 5.87. The summed E-state index contributed by atoms with van der Waals surface area (Å²) in [6, 6.07) is 9.66. The maximum Gasteiger partial charge on any atom is 0.227 e. The van der Waals surface area contributed by atoms with Gasteiger partial charge in [-0.15, -0.1) is 0 Å². The maximum atomic E-state index is 12.3. The Balaban J connectivity index is 2.71. The van der Waals surface area contributed by atoms with Gasteiger partial charge in [0, 0.05) is 12.0 Å². The molecule has 0 heterocycles. The number of oxime groups is 1. The summed E-state index contributed by atoms with van der Waals surface area (Å²) in [7, 11) is 0. The molecule has 0 bridgehead atoms. The Morgan fingerprint density at radius 3 is 2.50 bits per heavy atom. The van der Waals surface area contributed by atoms with Crippen LogP contribution in [0.4, 0.5) is 0 Å². The number of nitrogens with one attached hydrogen (secondary N) is 1. The number of amides is 1. The molecule has 1 rings (SSSR count). The highest BCUT2D eigenvalue weighted by atomic mass is 16.4. The molecule has 0 radical (unpaired) electrons. The zero-order valence-electron chi connectivity index (χ0n) is 12.3. The highest BCUT2D eigenvalue weighted by Gasteiger charge is 2.26. The van der Waals surface area contributed by atoms with E-state index >= 15 is 0 Å². The van der Waals surface area contributed by atoms with Crippen LogP contribution in [0, 0.1) is 5.41 Å². The zero-order valence-corrected chi connectivity index (χ0v) is 12.3. The molecular weight excluding hydrogens is 254 g/mol. The van der Waals surface area contributed by atoms with Crippen LogP contribution in [0.2, 0.25) is 0 Å². The van der Waals surface area contributed by atoms with Crippen molar-refractivity contribution in [3.63, 3.8) is 0 Å². The summed E-state index contributed by atoms with van der Waals surface area (Å²) in [4.78, 5) is 12.3. The van der Waals surface area contributed by atoms with Crippen LogP contribution < -0.4 is 11.1 Å². The second-order valence-electron chi connectivity index (χ2n) is 5.46. The first-order chi connectivity index (χ1) is 9.42. The topological polar surface area (TPSA) is 87.7 Å². The van der Waals surface area contributed by atoms with Crippen LogP contribution in [0.25, 0.3) is 0 Å². The third-order valence-corrected chi connectivity index (χ3v) is 3.43. The molecule has 1 amide bonds. The third kappa shape index (κ3) is 3.98. The van der Waals surface area contributed by atoms with Gasteiger partial charge in [0.25, 0.3) is 0 Å². The van der Waals surface area contributed by atoms with Crippen molar-refractivity contribution < 1.29 is 10.0 Å². The molecule has 0 saturated carbocycles. The lowest BCUT2D eigenvalue weighted by Gasteiger charge is -2.24. The summed E-state index contributed by atoms with van der Waals surface area (Å²) in [5.41, 5.74) is 6.02. The summed E-state index contributed by atoms with van der Waals surface area (Å²) < 4.78 is 0. The molecule has 20 heavy (non-hydrogen) atoms. The molecule has 1 unspecified atom stereocenters. The van der Waals surface area contributed by atoms with E-state index in [0.717, 1.165) is 12.0 Å². The van der Waals surface area contributed by atoms with E-state index in [0.29, 0.717) is 6.54 Å². The van der Waals surface area contributed by atoms with Crippen molar-refractivity contribution in [2.45, 2.75) is 33.1 Å². The van der Waals surface area contributed by atoms with Gasteiger partial charge in [0.1, 0.15) is 5.84 Å². The minimum atomic E-state index is -0.584. The molecule has 0 aliphatic heterocycles. The van der Waals surface area contributed by atoms with Crippen molar-refractivity contribution in [2.24, 2.45) is 16.3 Å². The van der Waals surface area contributed by atoms with Gasteiger partial charge in [0.05, 0.1) is 5.92 Å². The monoisotopic (exact) mass is 277 g/mol. The Morgan fingerprint density at radius 2 is 2.00 bits per heavy atom. The van der Waals surface area contributed by atoms with Crippen LogP contribution in [0.5, 0.6) is 0 Å². The van der Waals surface area contributed by atoms with E-state index in [1.54, 1.807) is 0 Å². The van der Waals surface area contributed by atoms with Crippen LogP contribution in [-0.4, -0.2) is 23.5 Å². The van der Waals surface area contributed by atoms with Gasteiger partial charge in [-0.2, -0.15) is 0 Å². The van der Waals surface area contributed by atoms with E-state index in [-0.39, 0.29) is 17.7 Å². The standard InChI is InChI=1S/C15H23N3O2/c1-4-12(11-8-6-5-7-9-11)13(19)17-10-15(2,3)14(16)18-20/h5-9,12,20H,4,10H2,1-3H3,(H2,16,18)(H,17,19). The number of carbonyl (C=O) groups excluding carboxylic acids is 1. The Labute approximate surface area is 119 Å². The maximum absolute atomic E-state index is 12.3. The molecule has 5 nitrogen and oxygen atoms in total. The molecule has 5 heteroatoms. The first-order valence-corrected chi connectivity index (χ1v) is 6.73. The molecular formula is C15H23N3O2. The normalized spacial score (nSPS) is 13.8. The number of rotatable bonds is 6. The number of hydrogen-bond acceptors (Lipinski definition) is 3. The Kier molecular flexibility index (Phi) is 5.55. The minimum absolute atomic E-state index is 0.0440. The predicted molar refractivity (Wildman–Crippen MR) is 79.7 cm³/mol. The average molecular weight is 277 g/mol. The van der Waals surface area contributed by atoms with Crippen LogP contribution in [-0.2, 0) is 4.79 Å². The molecule has 0 fully saturated rings. The van der Waals surface area contributed by atoms with E-state index in [1.807, 2.05) is 51.1 Å². The fourth-order valence-corrected chi connectivity index (χ4v) is 1.92. The largest absolute Gasteiger partial charge is 0.409 e. The number of benzene rings is 1. The van der Waals surface area contributed by atoms with Crippen molar-refractivity contribution in [1.82, 2.24) is 5.32 Å². The molecule has 4 N–H and O–H groups in total. The fraction of sp³-hybridized carbons (Fsp3) is 0.467. The van der Waals surface area contributed by atoms with Gasteiger partial charge >= 0.3 is 0 Å². The summed E-state index contributed by atoms with van der Waals surface area (Å²) in [6.07, 6.45) is 0.722. The number of amidine groups is 1. The van der Waals surface area contributed by atoms with Crippen molar-refractivity contribution >= 4 is 11.7 Å². The van der Waals surface area contributed by atoms with Crippen molar-refractivity contribution in [3.8, 4) is 0 Å². The third-order valence-electron chi connectivity index (χ3n) is 3.43. The first-order valence-electron chi connectivity index (χ1n) is 6.73. The molecule has 1 atom stereocenters. The number of nitrogens with two attached hydrogens (primary N) is 1. The van der Waals surface area contributed by atoms with Crippen LogP contribution in [0.3, 0.4) is 0 Å². The van der Waals surface area contributed by atoms with Crippen LogP contribution in [0.15, 0.2) is 35.5 Å². The molecule has 0 aromatic heterocycles. The lowest BCUT2D eigenvalue weighted by Crippen LogP contribution is -2.43. The fourth-order valence-electron chi connectivity index (χ4n) is 1.92.